The lowest BCUT2D eigenvalue weighted by atomic mass is 10.1. The molecule has 27 heteroatoms. The Balaban J connectivity index is 0.000000178. The van der Waals surface area contributed by atoms with E-state index in [1.54, 1.807) is 47.7 Å². The Morgan fingerprint density at radius 1 is 0.646 bits per heavy atom. The average molecular weight is 1100 g/mol. The van der Waals surface area contributed by atoms with E-state index in [4.69, 9.17) is 51.3 Å². The molecule has 79 heavy (non-hydrogen) atoms. The molecule has 2 unspecified atom stereocenters. The van der Waals surface area contributed by atoms with Crippen LogP contribution in [0.2, 0.25) is 5.28 Å². The molecule has 10 rings (SSSR count). The summed E-state index contributed by atoms with van der Waals surface area (Å²) in [4.78, 5) is 63.6. The number of fused-ring (bicyclic) bond motifs is 2. The SMILES string of the molecule is CNC(=O)c1ccccc1Nc1nc(Cl)nc2c1c(C)nn2C1CCCCO1.CNC(=O)c1ccccc1Nc1nc(Nc2cc([N+](=O)[O-])ccc2OC)nc2c1c(C)nn2C1CCCCO1.COc1ccc([N+](=O)[O-])cc1N. The normalized spacial score (nSPS) is 14.9. The first-order valence-corrected chi connectivity index (χ1v) is 25.3. The molecular weight excluding hydrogens is 1040 g/mol. The largest absolute Gasteiger partial charge is 0.495 e. The van der Waals surface area contributed by atoms with Crippen LogP contribution < -0.4 is 41.8 Å². The van der Waals surface area contributed by atoms with Gasteiger partial charge in [-0.25, -0.2) is 9.36 Å². The van der Waals surface area contributed by atoms with Crippen molar-refractivity contribution in [2.75, 3.05) is 63.2 Å². The zero-order valence-corrected chi connectivity index (χ0v) is 44.7. The maximum absolute atomic E-state index is 12.5. The number of nitrogens with two attached hydrogens (primary N) is 1. The van der Waals surface area contributed by atoms with Crippen LogP contribution in [0.25, 0.3) is 22.1 Å². The first-order valence-electron chi connectivity index (χ1n) is 24.9. The molecule has 0 bridgehead atoms. The number of anilines is 7. The zero-order valence-electron chi connectivity index (χ0n) is 43.9. The third-order valence-electron chi connectivity index (χ3n) is 12.7. The number of non-ortho nitro benzene ring substituents is 2. The number of hydrogen-bond acceptors (Lipinski definition) is 20. The molecule has 7 N–H and O–H groups in total. The Labute approximate surface area is 456 Å². The maximum atomic E-state index is 12.5. The number of para-hydroxylation sites is 2. The number of ether oxygens (including phenoxy) is 4. The van der Waals surface area contributed by atoms with E-state index in [2.05, 4.69) is 41.7 Å². The fraction of sp³-hybridized carbons (Fsp3) is 0.308. The zero-order chi connectivity index (χ0) is 56.3. The summed E-state index contributed by atoms with van der Waals surface area (Å²) in [6.07, 6.45) is 5.30. The minimum absolute atomic E-state index is 0.0340. The number of benzene rings is 4. The molecule has 2 atom stereocenters. The molecule has 2 amide bonds. The highest BCUT2D eigenvalue weighted by molar-refractivity contribution is 6.28. The van der Waals surface area contributed by atoms with Crippen molar-refractivity contribution < 1.29 is 38.4 Å². The number of nitrogen functional groups attached to an aromatic ring is 1. The molecule has 4 aromatic carbocycles. The number of methoxy groups -OCH3 is 2. The molecule has 0 spiro atoms. The number of nitrogens with one attached hydrogen (secondary N) is 5. The molecule has 0 radical (unpaired) electrons. The third-order valence-corrected chi connectivity index (χ3v) is 12.8. The highest BCUT2D eigenvalue weighted by Gasteiger charge is 2.27. The predicted molar refractivity (Wildman–Crippen MR) is 296 cm³/mol. The van der Waals surface area contributed by atoms with E-state index >= 15 is 0 Å². The summed E-state index contributed by atoms with van der Waals surface area (Å²) in [5.74, 6) is 1.44. The van der Waals surface area contributed by atoms with E-state index in [9.17, 15) is 29.8 Å². The van der Waals surface area contributed by atoms with E-state index < -0.39 is 9.85 Å². The lowest BCUT2D eigenvalue weighted by molar-refractivity contribution is -0.385. The van der Waals surface area contributed by atoms with Crippen LogP contribution in [0.5, 0.6) is 11.5 Å². The third kappa shape index (κ3) is 12.8. The fourth-order valence-electron chi connectivity index (χ4n) is 8.83. The van der Waals surface area contributed by atoms with Gasteiger partial charge < -0.3 is 51.3 Å². The predicted octanol–water partition coefficient (Wildman–Crippen LogP) is 9.37. The van der Waals surface area contributed by atoms with Crippen LogP contribution in [0, 0.1) is 34.1 Å². The molecule has 2 saturated heterocycles. The van der Waals surface area contributed by atoms with Crippen molar-refractivity contribution in [1.29, 1.82) is 0 Å². The number of nitro benzene ring substituents is 2. The van der Waals surface area contributed by atoms with E-state index in [0.717, 1.165) is 49.6 Å². The summed E-state index contributed by atoms with van der Waals surface area (Å²) in [6.45, 7) is 5.08. The van der Waals surface area contributed by atoms with Crippen molar-refractivity contribution in [2.45, 2.75) is 64.8 Å². The lowest BCUT2D eigenvalue weighted by Gasteiger charge is -2.23. The number of nitro groups is 2. The second-order valence-corrected chi connectivity index (χ2v) is 18.1. The number of carbonyl (C=O) groups excluding carboxylic acids is 2. The summed E-state index contributed by atoms with van der Waals surface area (Å²) < 4.78 is 25.6. The standard InChI is InChI=1S/C26H28N8O5.C19H21ClN6O2.C7H8N2O3/c1-15-22-23(28-18-9-5-4-8-17(18)25(35)27-2)30-26(29-19-14-16(34(36)37)11-12-20(19)38-3)31-24(22)33(32-15)21-10-6-7-13-39-21;1-11-15-16(22-13-8-4-3-7-12(13)18(27)21-2)23-19(20)24-17(15)26(25-11)14-9-5-6-10-28-14;1-12-7-3-2-5(9(10)11)4-6(7)8/h4-5,8-9,11-12,14,21H,6-7,10,13H2,1-3H3,(H,27,35)(H2,28,29,30,31);3-4,7-8,14H,5-6,9-10H2,1-2H3,(H,21,27)(H,22,23,24);2-4H,8H2,1H3. The van der Waals surface area contributed by atoms with Crippen molar-refractivity contribution in [2.24, 2.45) is 0 Å². The van der Waals surface area contributed by atoms with Gasteiger partial charge in [-0.05, 0) is 100 Å². The van der Waals surface area contributed by atoms with Gasteiger partial charge in [0.2, 0.25) is 11.2 Å². The summed E-state index contributed by atoms with van der Waals surface area (Å²) in [5.41, 5.74) is 10.6. The van der Waals surface area contributed by atoms with Crippen LogP contribution in [0.1, 0.15) is 83.1 Å². The van der Waals surface area contributed by atoms with Gasteiger partial charge in [-0.1, -0.05) is 24.3 Å². The number of aromatic nitrogens is 8. The second-order valence-electron chi connectivity index (χ2n) is 17.8. The van der Waals surface area contributed by atoms with Crippen molar-refractivity contribution in [1.82, 2.24) is 50.1 Å². The fourth-order valence-corrected chi connectivity index (χ4v) is 8.99. The molecule has 8 aromatic rings. The van der Waals surface area contributed by atoms with Gasteiger partial charge in [0.05, 0.1) is 80.1 Å². The van der Waals surface area contributed by atoms with Crippen LogP contribution in [-0.4, -0.2) is 103 Å². The molecule has 2 fully saturated rings. The van der Waals surface area contributed by atoms with Crippen LogP contribution in [0.3, 0.4) is 0 Å². The summed E-state index contributed by atoms with van der Waals surface area (Å²) in [5, 5.41) is 47.5. The smallest absolute Gasteiger partial charge is 0.271 e. The van der Waals surface area contributed by atoms with Crippen LogP contribution in [0.4, 0.5) is 51.7 Å². The average Bonchev–Trinajstić information content (AvgIpc) is 4.20. The summed E-state index contributed by atoms with van der Waals surface area (Å²) in [7, 11) is 6.08. The quantitative estimate of drug-likeness (QED) is 0.0255. The number of halogens is 1. The second kappa shape index (κ2) is 25.3. The number of carbonyl (C=O) groups is 2. The van der Waals surface area contributed by atoms with Gasteiger partial charge in [-0.15, -0.1) is 0 Å². The summed E-state index contributed by atoms with van der Waals surface area (Å²) in [6, 6.07) is 22.6. The number of aryl methyl sites for hydroxylation is 2. The number of hydrogen-bond donors (Lipinski definition) is 6. The first-order chi connectivity index (χ1) is 38.1. The molecule has 6 heterocycles. The summed E-state index contributed by atoms with van der Waals surface area (Å²) >= 11 is 6.22. The van der Waals surface area contributed by atoms with Gasteiger partial charge >= 0.3 is 0 Å². The minimum Gasteiger partial charge on any atom is -0.495 e. The van der Waals surface area contributed by atoms with E-state index in [1.165, 1.54) is 50.6 Å². The van der Waals surface area contributed by atoms with Crippen molar-refractivity contribution >= 4 is 97.2 Å². The molecular formula is C52H57ClN16O10. The Bertz CT molecular complexity index is 3550. The molecule has 26 nitrogen and oxygen atoms in total. The molecule has 2 aliphatic rings. The molecule has 0 saturated carbocycles. The van der Waals surface area contributed by atoms with Crippen LogP contribution in [0.15, 0.2) is 84.9 Å². The van der Waals surface area contributed by atoms with Crippen molar-refractivity contribution in [3.63, 3.8) is 0 Å². The van der Waals surface area contributed by atoms with Crippen LogP contribution in [-0.2, 0) is 9.47 Å². The molecule has 4 aromatic heterocycles. The van der Waals surface area contributed by atoms with Gasteiger partial charge in [0.15, 0.2) is 23.8 Å². The number of rotatable bonds is 14. The Morgan fingerprint density at radius 3 is 1.59 bits per heavy atom. The van der Waals surface area contributed by atoms with Crippen molar-refractivity contribution in [3.05, 3.63) is 133 Å². The highest BCUT2D eigenvalue weighted by atomic mass is 35.5. The molecule has 0 aliphatic carbocycles. The van der Waals surface area contributed by atoms with E-state index in [1.807, 2.05) is 38.1 Å². The van der Waals surface area contributed by atoms with Crippen molar-refractivity contribution in [3.8, 4) is 11.5 Å². The Kier molecular flexibility index (Phi) is 17.9. The van der Waals surface area contributed by atoms with Gasteiger partial charge in [-0.2, -0.15) is 30.1 Å². The highest BCUT2D eigenvalue weighted by Crippen LogP contribution is 2.37. The van der Waals surface area contributed by atoms with E-state index in [-0.39, 0.29) is 52.6 Å². The number of amides is 2. The lowest BCUT2D eigenvalue weighted by Crippen LogP contribution is -2.20. The Hall–Kier alpha value is -9.27. The minimum atomic E-state index is -0.504. The Morgan fingerprint density at radius 2 is 1.13 bits per heavy atom. The molecule has 2 aliphatic heterocycles. The van der Waals surface area contributed by atoms with Crippen LogP contribution >= 0.6 is 11.6 Å². The van der Waals surface area contributed by atoms with E-state index in [0.29, 0.717) is 86.9 Å². The number of nitrogens with zero attached hydrogens (tertiary/aromatic N) is 10. The maximum Gasteiger partial charge on any atom is 0.271 e. The first kappa shape index (κ1) is 55.9. The van der Waals surface area contributed by atoms with Gasteiger partial charge in [0, 0.05) is 51.6 Å². The topological polar surface area (TPSA) is 331 Å². The van der Waals surface area contributed by atoms with Gasteiger partial charge in [0.1, 0.15) is 23.1 Å². The monoisotopic (exact) mass is 1100 g/mol. The van der Waals surface area contributed by atoms with Gasteiger partial charge in [0.25, 0.3) is 23.2 Å². The van der Waals surface area contributed by atoms with Gasteiger partial charge in [-0.3, -0.25) is 29.8 Å². The molecule has 412 valence electrons.